The van der Waals surface area contributed by atoms with Crippen LogP contribution in [-0.2, 0) is 0 Å². The molecule has 0 aromatic heterocycles. The van der Waals surface area contributed by atoms with Crippen LogP contribution in [0.15, 0.2) is 11.6 Å². The minimum Gasteiger partial charge on any atom is -0.0853 e. The molecule has 0 N–H and O–H groups in total. The summed E-state index contributed by atoms with van der Waals surface area (Å²) in [6.07, 6.45) is 10.7. The average molecular weight is 152 g/mol. The van der Waals surface area contributed by atoms with Gasteiger partial charge in [-0.1, -0.05) is 31.9 Å². The van der Waals surface area contributed by atoms with E-state index >= 15 is 0 Å². The van der Waals surface area contributed by atoms with Crippen molar-refractivity contribution in [3.8, 4) is 0 Å². The summed E-state index contributed by atoms with van der Waals surface area (Å²) in [4.78, 5) is 0. The van der Waals surface area contributed by atoms with Gasteiger partial charge in [0.25, 0.3) is 0 Å². The normalized spacial score (nSPS) is 24.9. The van der Waals surface area contributed by atoms with Gasteiger partial charge in [0.15, 0.2) is 0 Å². The molecule has 0 spiro atoms. The second kappa shape index (κ2) is 4.58. The fourth-order valence-electron chi connectivity index (χ4n) is 1.81. The van der Waals surface area contributed by atoms with Crippen molar-refractivity contribution in [1.29, 1.82) is 0 Å². The number of rotatable bonds is 3. The lowest BCUT2D eigenvalue weighted by Crippen LogP contribution is -2.02. The van der Waals surface area contributed by atoms with E-state index < -0.39 is 0 Å². The van der Waals surface area contributed by atoms with Gasteiger partial charge in [-0.3, -0.25) is 0 Å². The molecule has 0 saturated heterocycles. The van der Waals surface area contributed by atoms with Crippen LogP contribution in [-0.4, -0.2) is 0 Å². The fourth-order valence-corrected chi connectivity index (χ4v) is 1.81. The highest BCUT2D eigenvalue weighted by Gasteiger charge is 2.09. The van der Waals surface area contributed by atoms with E-state index in [-0.39, 0.29) is 0 Å². The molecule has 0 nitrogen and oxygen atoms in total. The zero-order chi connectivity index (χ0) is 8.10. The Morgan fingerprint density at radius 3 is 3.00 bits per heavy atom. The van der Waals surface area contributed by atoms with Gasteiger partial charge >= 0.3 is 0 Å². The highest BCUT2D eigenvalue weighted by molar-refractivity contribution is 5.06. The second-order valence-corrected chi connectivity index (χ2v) is 3.85. The molecule has 1 aliphatic carbocycles. The summed E-state index contributed by atoms with van der Waals surface area (Å²) in [7, 11) is 0. The van der Waals surface area contributed by atoms with E-state index in [2.05, 4.69) is 19.9 Å². The first-order chi connectivity index (χ1) is 5.33. The van der Waals surface area contributed by atoms with Gasteiger partial charge in [0.2, 0.25) is 0 Å². The highest BCUT2D eigenvalue weighted by Crippen LogP contribution is 2.26. The van der Waals surface area contributed by atoms with E-state index in [1.54, 1.807) is 5.57 Å². The molecule has 64 valence electrons. The van der Waals surface area contributed by atoms with Gasteiger partial charge in [0.05, 0.1) is 0 Å². The molecule has 0 fully saturated rings. The van der Waals surface area contributed by atoms with Crippen molar-refractivity contribution in [2.75, 3.05) is 0 Å². The third-order valence-electron chi connectivity index (χ3n) is 2.55. The predicted molar refractivity (Wildman–Crippen MR) is 50.6 cm³/mol. The largest absolute Gasteiger partial charge is 0.0853 e. The molecule has 1 aliphatic rings. The van der Waals surface area contributed by atoms with E-state index in [4.69, 9.17) is 0 Å². The Bertz CT molecular complexity index is 133. The standard InChI is InChI=1S/C11H20/c1-3-4-7-11-8-5-6-10(2)9-11/h8,10H,3-7,9H2,1-2H3. The first-order valence-electron chi connectivity index (χ1n) is 5.00. The molecule has 1 atom stereocenters. The smallest absolute Gasteiger partial charge is 0.0294 e. The molecule has 0 radical (unpaired) electrons. The Hall–Kier alpha value is -0.260. The van der Waals surface area contributed by atoms with Gasteiger partial charge in [0, 0.05) is 0 Å². The van der Waals surface area contributed by atoms with Crippen LogP contribution in [0.3, 0.4) is 0 Å². The van der Waals surface area contributed by atoms with Gasteiger partial charge in [0.1, 0.15) is 0 Å². The SMILES string of the molecule is CCCCC1=CCCC(C)C1. The fraction of sp³-hybridized carbons (Fsp3) is 0.818. The van der Waals surface area contributed by atoms with E-state index in [1.807, 2.05) is 0 Å². The Morgan fingerprint density at radius 2 is 2.36 bits per heavy atom. The van der Waals surface area contributed by atoms with Crippen molar-refractivity contribution >= 4 is 0 Å². The second-order valence-electron chi connectivity index (χ2n) is 3.85. The van der Waals surface area contributed by atoms with Crippen LogP contribution < -0.4 is 0 Å². The molecule has 0 aromatic rings. The van der Waals surface area contributed by atoms with Crippen molar-refractivity contribution in [1.82, 2.24) is 0 Å². The first kappa shape index (κ1) is 8.83. The molecule has 1 rings (SSSR count). The molecule has 0 aromatic carbocycles. The van der Waals surface area contributed by atoms with Crippen molar-refractivity contribution in [2.45, 2.75) is 52.4 Å². The van der Waals surface area contributed by atoms with Crippen LogP contribution in [0.4, 0.5) is 0 Å². The minimum absolute atomic E-state index is 0.951. The lowest BCUT2D eigenvalue weighted by molar-refractivity contribution is 0.496. The third kappa shape index (κ3) is 3.09. The van der Waals surface area contributed by atoms with E-state index in [9.17, 15) is 0 Å². The van der Waals surface area contributed by atoms with Gasteiger partial charge in [-0.25, -0.2) is 0 Å². The summed E-state index contributed by atoms with van der Waals surface area (Å²) in [6, 6.07) is 0. The van der Waals surface area contributed by atoms with Crippen LogP contribution in [0.2, 0.25) is 0 Å². The molecule has 0 aliphatic heterocycles. The Balaban J connectivity index is 2.27. The van der Waals surface area contributed by atoms with Crippen LogP contribution in [0.5, 0.6) is 0 Å². The monoisotopic (exact) mass is 152 g/mol. The molecule has 0 amide bonds. The average Bonchev–Trinajstić information content (AvgIpc) is 2.01. The molecule has 0 bridgehead atoms. The molecule has 11 heavy (non-hydrogen) atoms. The zero-order valence-corrected chi connectivity index (χ0v) is 7.90. The maximum Gasteiger partial charge on any atom is -0.0294 e. The molecular formula is C11H20. The lowest BCUT2D eigenvalue weighted by atomic mass is 9.88. The molecule has 1 unspecified atom stereocenters. The Kier molecular flexibility index (Phi) is 3.68. The summed E-state index contributed by atoms with van der Waals surface area (Å²) >= 11 is 0. The van der Waals surface area contributed by atoms with Crippen LogP contribution in [0.1, 0.15) is 52.4 Å². The summed E-state index contributed by atoms with van der Waals surface area (Å²) in [5.74, 6) is 0.951. The Morgan fingerprint density at radius 1 is 1.55 bits per heavy atom. The zero-order valence-electron chi connectivity index (χ0n) is 7.90. The lowest BCUT2D eigenvalue weighted by Gasteiger charge is -2.18. The highest BCUT2D eigenvalue weighted by atomic mass is 14.1. The van der Waals surface area contributed by atoms with Gasteiger partial charge < -0.3 is 0 Å². The van der Waals surface area contributed by atoms with E-state index in [1.165, 1.54) is 38.5 Å². The van der Waals surface area contributed by atoms with E-state index in [0.717, 1.165) is 5.92 Å². The number of hydrogen-bond donors (Lipinski definition) is 0. The molecular weight excluding hydrogens is 132 g/mol. The van der Waals surface area contributed by atoms with Gasteiger partial charge in [-0.05, 0) is 38.0 Å². The third-order valence-corrected chi connectivity index (χ3v) is 2.55. The number of allylic oxidation sites excluding steroid dienone is 2. The van der Waals surface area contributed by atoms with Crippen molar-refractivity contribution in [2.24, 2.45) is 5.92 Å². The van der Waals surface area contributed by atoms with Crippen LogP contribution in [0.25, 0.3) is 0 Å². The predicted octanol–water partition coefficient (Wildman–Crippen LogP) is 3.92. The summed E-state index contributed by atoms with van der Waals surface area (Å²) < 4.78 is 0. The minimum atomic E-state index is 0.951. The maximum atomic E-state index is 2.47. The summed E-state index contributed by atoms with van der Waals surface area (Å²) in [5.41, 5.74) is 1.73. The maximum absolute atomic E-state index is 2.47. The van der Waals surface area contributed by atoms with Crippen molar-refractivity contribution in [3.05, 3.63) is 11.6 Å². The number of unbranched alkanes of at least 4 members (excludes halogenated alkanes) is 1. The van der Waals surface area contributed by atoms with Crippen LogP contribution in [0, 0.1) is 5.92 Å². The quantitative estimate of drug-likeness (QED) is 0.538. The van der Waals surface area contributed by atoms with Gasteiger partial charge in [-0.15, -0.1) is 0 Å². The van der Waals surface area contributed by atoms with Crippen molar-refractivity contribution < 1.29 is 0 Å². The van der Waals surface area contributed by atoms with Crippen molar-refractivity contribution in [3.63, 3.8) is 0 Å². The van der Waals surface area contributed by atoms with Gasteiger partial charge in [-0.2, -0.15) is 0 Å². The molecule has 0 saturated carbocycles. The first-order valence-corrected chi connectivity index (χ1v) is 5.00. The van der Waals surface area contributed by atoms with E-state index in [0.29, 0.717) is 0 Å². The number of hydrogen-bond acceptors (Lipinski definition) is 0. The summed E-state index contributed by atoms with van der Waals surface area (Å²) in [6.45, 7) is 4.64. The summed E-state index contributed by atoms with van der Waals surface area (Å²) in [5, 5.41) is 0. The molecule has 0 heteroatoms. The molecule has 0 heterocycles. The topological polar surface area (TPSA) is 0 Å². The van der Waals surface area contributed by atoms with Crippen LogP contribution >= 0.6 is 0 Å². The Labute approximate surface area is 70.7 Å².